The number of nitrogens with zero attached hydrogens (tertiary/aromatic N) is 1. The van der Waals surface area contributed by atoms with Gasteiger partial charge < -0.3 is 15.4 Å². The van der Waals surface area contributed by atoms with E-state index in [9.17, 15) is 4.79 Å². The number of hydrogen-bond donors (Lipinski definition) is 1. The van der Waals surface area contributed by atoms with Gasteiger partial charge in [0, 0.05) is 18.7 Å². The average molecular weight is 260 g/mol. The lowest BCUT2D eigenvalue weighted by atomic mass is 9.85. The van der Waals surface area contributed by atoms with Crippen molar-refractivity contribution in [3.8, 4) is 5.75 Å². The number of hydrogen-bond acceptors (Lipinski definition) is 3. The van der Waals surface area contributed by atoms with Gasteiger partial charge in [-0.05, 0) is 12.5 Å². The molecule has 1 aromatic carbocycles. The number of likely N-dealkylation sites (tertiary alicyclic amines) is 1. The van der Waals surface area contributed by atoms with Gasteiger partial charge in [-0.1, -0.05) is 31.5 Å². The molecule has 2 aliphatic rings. The van der Waals surface area contributed by atoms with Gasteiger partial charge in [0.1, 0.15) is 18.3 Å². The van der Waals surface area contributed by atoms with Crippen molar-refractivity contribution in [1.82, 2.24) is 4.90 Å². The zero-order chi connectivity index (χ0) is 13.5. The predicted octanol–water partition coefficient (Wildman–Crippen LogP) is 1.50. The van der Waals surface area contributed by atoms with E-state index in [0.717, 1.165) is 24.2 Å². The molecule has 1 atom stereocenters. The average Bonchev–Trinajstić information content (AvgIpc) is 2.79. The Bertz CT molecular complexity index is 495. The monoisotopic (exact) mass is 260 g/mol. The standard InChI is InChI=1S/C15H20N2O2/c1-2-7-15(16)9-17(10-15)14(18)12-8-19-13-6-4-3-5-11(12)13/h3-6,12H,2,7-10,16H2,1H3. The maximum absolute atomic E-state index is 12.5. The van der Waals surface area contributed by atoms with E-state index < -0.39 is 0 Å². The third-order valence-corrected chi connectivity index (χ3v) is 4.07. The van der Waals surface area contributed by atoms with Crippen LogP contribution in [0.2, 0.25) is 0 Å². The summed E-state index contributed by atoms with van der Waals surface area (Å²) in [5.41, 5.74) is 7.06. The number of rotatable bonds is 3. The molecule has 0 bridgehead atoms. The van der Waals surface area contributed by atoms with Crippen LogP contribution in [0.15, 0.2) is 24.3 Å². The van der Waals surface area contributed by atoms with Gasteiger partial charge in [-0.25, -0.2) is 0 Å². The first kappa shape index (κ1) is 12.5. The number of para-hydroxylation sites is 1. The molecule has 0 saturated carbocycles. The Kier molecular flexibility index (Phi) is 2.97. The van der Waals surface area contributed by atoms with Gasteiger partial charge in [-0.3, -0.25) is 4.79 Å². The quantitative estimate of drug-likeness (QED) is 0.896. The highest BCUT2D eigenvalue weighted by atomic mass is 16.5. The lowest BCUT2D eigenvalue weighted by Crippen LogP contribution is -2.69. The van der Waals surface area contributed by atoms with Crippen molar-refractivity contribution >= 4 is 5.91 Å². The van der Waals surface area contributed by atoms with Crippen LogP contribution in [0.5, 0.6) is 5.75 Å². The molecule has 0 aliphatic carbocycles. The van der Waals surface area contributed by atoms with Crippen LogP contribution in [0.25, 0.3) is 0 Å². The molecular weight excluding hydrogens is 240 g/mol. The molecule has 19 heavy (non-hydrogen) atoms. The van der Waals surface area contributed by atoms with E-state index in [4.69, 9.17) is 10.5 Å². The summed E-state index contributed by atoms with van der Waals surface area (Å²) in [5, 5.41) is 0. The minimum absolute atomic E-state index is 0.151. The molecule has 4 nitrogen and oxygen atoms in total. The van der Waals surface area contributed by atoms with Crippen LogP contribution in [0.1, 0.15) is 31.2 Å². The topological polar surface area (TPSA) is 55.6 Å². The fourth-order valence-electron chi connectivity index (χ4n) is 3.11. The smallest absolute Gasteiger partial charge is 0.233 e. The summed E-state index contributed by atoms with van der Waals surface area (Å²) in [6.45, 7) is 3.94. The van der Waals surface area contributed by atoms with Gasteiger partial charge in [0.2, 0.25) is 5.91 Å². The van der Waals surface area contributed by atoms with E-state index in [1.165, 1.54) is 0 Å². The molecule has 0 aromatic heterocycles. The van der Waals surface area contributed by atoms with E-state index in [1.807, 2.05) is 29.2 Å². The van der Waals surface area contributed by atoms with Crippen molar-refractivity contribution in [3.05, 3.63) is 29.8 Å². The summed E-state index contributed by atoms with van der Waals surface area (Å²) in [6.07, 6.45) is 2.04. The van der Waals surface area contributed by atoms with Crippen LogP contribution >= 0.6 is 0 Å². The van der Waals surface area contributed by atoms with Gasteiger partial charge >= 0.3 is 0 Å². The summed E-state index contributed by atoms with van der Waals surface area (Å²) in [7, 11) is 0. The van der Waals surface area contributed by atoms with Crippen molar-refractivity contribution in [2.75, 3.05) is 19.7 Å². The van der Waals surface area contributed by atoms with Gasteiger partial charge in [0.05, 0.1) is 5.54 Å². The lowest BCUT2D eigenvalue weighted by Gasteiger charge is -2.48. The second kappa shape index (κ2) is 4.53. The third kappa shape index (κ3) is 2.10. The van der Waals surface area contributed by atoms with Crippen molar-refractivity contribution in [1.29, 1.82) is 0 Å². The first-order valence-electron chi connectivity index (χ1n) is 6.92. The van der Waals surface area contributed by atoms with E-state index in [-0.39, 0.29) is 17.4 Å². The zero-order valence-corrected chi connectivity index (χ0v) is 11.3. The zero-order valence-electron chi connectivity index (χ0n) is 11.3. The molecule has 2 aliphatic heterocycles. The van der Waals surface area contributed by atoms with E-state index >= 15 is 0 Å². The van der Waals surface area contributed by atoms with Gasteiger partial charge in [0.15, 0.2) is 0 Å². The largest absolute Gasteiger partial charge is 0.492 e. The molecule has 2 N–H and O–H groups in total. The third-order valence-electron chi connectivity index (χ3n) is 4.07. The summed E-state index contributed by atoms with van der Waals surface area (Å²) < 4.78 is 5.57. The molecule has 0 spiro atoms. The molecule has 2 heterocycles. The highest BCUT2D eigenvalue weighted by Gasteiger charge is 2.44. The Labute approximate surface area is 113 Å². The Morgan fingerprint density at radius 3 is 2.95 bits per heavy atom. The molecule has 1 saturated heterocycles. The first-order chi connectivity index (χ1) is 9.13. The molecule has 1 unspecified atom stereocenters. The predicted molar refractivity (Wildman–Crippen MR) is 73.1 cm³/mol. The second-order valence-corrected chi connectivity index (χ2v) is 5.71. The molecule has 102 valence electrons. The minimum atomic E-state index is -0.163. The first-order valence-corrected chi connectivity index (χ1v) is 6.92. The lowest BCUT2D eigenvalue weighted by molar-refractivity contribution is -0.140. The number of carbonyl (C=O) groups excluding carboxylic acids is 1. The molecule has 1 aromatic rings. The van der Waals surface area contributed by atoms with Crippen molar-refractivity contribution in [3.63, 3.8) is 0 Å². The fourth-order valence-corrected chi connectivity index (χ4v) is 3.11. The van der Waals surface area contributed by atoms with Crippen LogP contribution < -0.4 is 10.5 Å². The second-order valence-electron chi connectivity index (χ2n) is 5.71. The van der Waals surface area contributed by atoms with Gasteiger partial charge in [0.25, 0.3) is 0 Å². The Hall–Kier alpha value is -1.55. The van der Waals surface area contributed by atoms with Gasteiger partial charge in [-0.15, -0.1) is 0 Å². The molecular formula is C15H20N2O2. The molecule has 3 rings (SSSR count). The highest BCUT2D eigenvalue weighted by molar-refractivity contribution is 5.86. The molecule has 4 heteroatoms. The SMILES string of the molecule is CCCC1(N)CN(C(=O)C2COc3ccccc32)C1. The molecule has 1 amide bonds. The van der Waals surface area contributed by atoms with Crippen LogP contribution in [-0.2, 0) is 4.79 Å². The number of ether oxygens (including phenoxy) is 1. The van der Waals surface area contributed by atoms with Crippen LogP contribution in [0.4, 0.5) is 0 Å². The fraction of sp³-hybridized carbons (Fsp3) is 0.533. The minimum Gasteiger partial charge on any atom is -0.492 e. The highest BCUT2D eigenvalue weighted by Crippen LogP contribution is 2.36. The number of amides is 1. The number of fused-ring (bicyclic) bond motifs is 1. The summed E-state index contributed by atoms with van der Waals surface area (Å²) in [4.78, 5) is 14.3. The number of carbonyl (C=O) groups is 1. The normalized spacial score (nSPS) is 23.5. The molecule has 0 radical (unpaired) electrons. The summed E-state index contributed by atoms with van der Waals surface area (Å²) in [6, 6.07) is 7.78. The maximum atomic E-state index is 12.5. The Balaban J connectivity index is 1.68. The van der Waals surface area contributed by atoms with E-state index in [0.29, 0.717) is 19.7 Å². The summed E-state index contributed by atoms with van der Waals surface area (Å²) >= 11 is 0. The summed E-state index contributed by atoms with van der Waals surface area (Å²) in [5.74, 6) is 0.846. The number of nitrogens with two attached hydrogens (primary N) is 1. The number of benzene rings is 1. The van der Waals surface area contributed by atoms with Crippen LogP contribution in [0, 0.1) is 0 Å². The van der Waals surface area contributed by atoms with Crippen molar-refractivity contribution in [2.45, 2.75) is 31.2 Å². The van der Waals surface area contributed by atoms with Gasteiger partial charge in [-0.2, -0.15) is 0 Å². The van der Waals surface area contributed by atoms with E-state index in [1.54, 1.807) is 0 Å². The Morgan fingerprint density at radius 2 is 2.21 bits per heavy atom. The van der Waals surface area contributed by atoms with Crippen molar-refractivity contribution in [2.24, 2.45) is 5.73 Å². The van der Waals surface area contributed by atoms with Crippen LogP contribution in [0.3, 0.4) is 0 Å². The van der Waals surface area contributed by atoms with E-state index in [2.05, 4.69) is 6.92 Å². The van der Waals surface area contributed by atoms with Crippen molar-refractivity contribution < 1.29 is 9.53 Å². The Morgan fingerprint density at radius 1 is 1.47 bits per heavy atom. The molecule has 1 fully saturated rings. The maximum Gasteiger partial charge on any atom is 0.233 e. The van der Waals surface area contributed by atoms with Crippen LogP contribution in [-0.4, -0.2) is 36.0 Å².